The molecule has 0 aliphatic carbocycles. The molecule has 9 heteroatoms. The molecule has 0 radical (unpaired) electrons. The van der Waals surface area contributed by atoms with E-state index in [1.165, 1.54) is 22.4 Å². The van der Waals surface area contributed by atoms with Gasteiger partial charge in [-0.15, -0.1) is 16.4 Å². The van der Waals surface area contributed by atoms with Crippen LogP contribution in [0.25, 0.3) is 0 Å². The van der Waals surface area contributed by atoms with Gasteiger partial charge in [-0.1, -0.05) is 5.21 Å². The van der Waals surface area contributed by atoms with E-state index >= 15 is 0 Å². The number of carbonyl (C=O) groups is 2. The molecule has 2 aromatic rings. The number of carboxylic acid groups (broad SMARTS) is 1. The zero-order valence-corrected chi connectivity index (χ0v) is 10.9. The van der Waals surface area contributed by atoms with Crippen molar-refractivity contribution in [3.8, 4) is 0 Å². The van der Waals surface area contributed by atoms with Gasteiger partial charge in [-0.25, -0.2) is 9.67 Å². The molecule has 0 aliphatic rings. The summed E-state index contributed by atoms with van der Waals surface area (Å²) in [5.74, 6) is -1.37. The maximum atomic E-state index is 12.0. The molecule has 0 aliphatic heterocycles. The summed E-state index contributed by atoms with van der Waals surface area (Å²) in [6.07, 6.45) is 1.31. The molecular weight excluding hydrogens is 270 g/mol. The molecule has 0 spiro atoms. The number of aromatic nitrogens is 4. The highest BCUT2D eigenvalue weighted by molar-refractivity contribution is 7.07. The summed E-state index contributed by atoms with van der Waals surface area (Å²) in [4.78, 5) is 28.0. The largest absolute Gasteiger partial charge is 0.480 e. The second-order valence-corrected chi connectivity index (χ2v) is 4.55. The van der Waals surface area contributed by atoms with Gasteiger partial charge in [-0.05, 0) is 0 Å². The fourth-order valence-electron chi connectivity index (χ4n) is 1.44. The van der Waals surface area contributed by atoms with Crippen LogP contribution in [0.15, 0.2) is 17.1 Å². The second kappa shape index (κ2) is 5.57. The van der Waals surface area contributed by atoms with E-state index in [0.717, 1.165) is 10.4 Å². The first kappa shape index (κ1) is 13.1. The van der Waals surface area contributed by atoms with Gasteiger partial charge in [0.25, 0.3) is 5.91 Å². The maximum absolute atomic E-state index is 12.0. The SMILES string of the molecule is CN(Cc1cscn1)C(=O)c1cn(CC(=O)O)nn1. The van der Waals surface area contributed by atoms with Gasteiger partial charge in [0.15, 0.2) is 5.69 Å². The van der Waals surface area contributed by atoms with Gasteiger partial charge in [-0.3, -0.25) is 9.59 Å². The lowest BCUT2D eigenvalue weighted by molar-refractivity contribution is -0.137. The molecule has 2 rings (SSSR count). The van der Waals surface area contributed by atoms with Gasteiger partial charge >= 0.3 is 5.97 Å². The van der Waals surface area contributed by atoms with Crippen LogP contribution in [0.3, 0.4) is 0 Å². The Balaban J connectivity index is 2.02. The van der Waals surface area contributed by atoms with Crippen LogP contribution >= 0.6 is 11.3 Å². The minimum Gasteiger partial charge on any atom is -0.480 e. The predicted molar refractivity (Wildman–Crippen MR) is 65.6 cm³/mol. The Morgan fingerprint density at radius 2 is 2.32 bits per heavy atom. The molecule has 0 atom stereocenters. The molecule has 2 heterocycles. The third-order valence-electron chi connectivity index (χ3n) is 2.28. The number of carbonyl (C=O) groups excluding carboxylic acids is 1. The van der Waals surface area contributed by atoms with Gasteiger partial charge in [0, 0.05) is 12.4 Å². The highest BCUT2D eigenvalue weighted by Crippen LogP contribution is 2.07. The molecule has 0 fully saturated rings. The monoisotopic (exact) mass is 281 g/mol. The molecule has 0 unspecified atom stereocenters. The van der Waals surface area contributed by atoms with Crippen LogP contribution in [0.2, 0.25) is 0 Å². The fraction of sp³-hybridized carbons (Fsp3) is 0.300. The number of nitrogens with zero attached hydrogens (tertiary/aromatic N) is 5. The Morgan fingerprint density at radius 3 is 2.95 bits per heavy atom. The fourth-order valence-corrected chi connectivity index (χ4v) is 1.99. The molecule has 1 N–H and O–H groups in total. The third-order valence-corrected chi connectivity index (χ3v) is 2.92. The van der Waals surface area contributed by atoms with Crippen LogP contribution < -0.4 is 0 Å². The molecular formula is C10H11N5O3S. The quantitative estimate of drug-likeness (QED) is 0.833. The summed E-state index contributed by atoms with van der Waals surface area (Å²) in [6, 6.07) is 0. The van der Waals surface area contributed by atoms with Crippen LogP contribution in [0.1, 0.15) is 16.2 Å². The Bertz CT molecular complexity index is 580. The lowest BCUT2D eigenvalue weighted by atomic mass is 10.3. The van der Waals surface area contributed by atoms with Crippen molar-refractivity contribution in [2.45, 2.75) is 13.1 Å². The van der Waals surface area contributed by atoms with Gasteiger partial charge in [0.05, 0.1) is 23.9 Å². The predicted octanol–water partition coefficient (Wildman–Crippen LogP) is 0.0914. The van der Waals surface area contributed by atoms with Crippen molar-refractivity contribution in [1.82, 2.24) is 24.9 Å². The maximum Gasteiger partial charge on any atom is 0.325 e. The van der Waals surface area contributed by atoms with Gasteiger partial charge in [-0.2, -0.15) is 0 Å². The van der Waals surface area contributed by atoms with E-state index in [-0.39, 0.29) is 18.1 Å². The molecule has 0 bridgehead atoms. The standard InChI is InChI=1S/C10H11N5O3S/c1-14(2-7-5-19-6-11-7)10(18)8-3-15(13-12-8)4-9(16)17/h3,5-6H,2,4H2,1H3,(H,16,17). The summed E-state index contributed by atoms with van der Waals surface area (Å²) in [7, 11) is 1.62. The molecule has 1 amide bonds. The van der Waals surface area contributed by atoms with E-state index < -0.39 is 5.97 Å². The zero-order valence-electron chi connectivity index (χ0n) is 10.1. The zero-order chi connectivity index (χ0) is 13.8. The van der Waals surface area contributed by atoms with Crippen LogP contribution in [-0.4, -0.2) is 48.9 Å². The molecule has 0 saturated heterocycles. The number of carboxylic acids is 1. The van der Waals surface area contributed by atoms with Crippen molar-refractivity contribution >= 4 is 23.2 Å². The number of amides is 1. The minimum absolute atomic E-state index is 0.110. The molecule has 8 nitrogen and oxygen atoms in total. The van der Waals surface area contributed by atoms with E-state index in [2.05, 4.69) is 15.3 Å². The Kier molecular flexibility index (Phi) is 3.85. The Hall–Kier alpha value is -2.29. The van der Waals surface area contributed by atoms with Gasteiger partial charge < -0.3 is 10.0 Å². The highest BCUT2D eigenvalue weighted by Gasteiger charge is 2.17. The first-order chi connectivity index (χ1) is 9.06. The molecule has 19 heavy (non-hydrogen) atoms. The summed E-state index contributed by atoms with van der Waals surface area (Å²) >= 11 is 1.45. The number of aliphatic carboxylic acids is 1. The number of rotatable bonds is 5. The molecule has 100 valence electrons. The van der Waals surface area contributed by atoms with Crippen LogP contribution in [0.4, 0.5) is 0 Å². The van der Waals surface area contributed by atoms with Crippen molar-refractivity contribution in [3.63, 3.8) is 0 Å². The average molecular weight is 281 g/mol. The van der Waals surface area contributed by atoms with E-state index in [1.807, 2.05) is 5.38 Å². The lowest BCUT2D eigenvalue weighted by Gasteiger charge is -2.13. The second-order valence-electron chi connectivity index (χ2n) is 3.84. The Morgan fingerprint density at radius 1 is 1.53 bits per heavy atom. The first-order valence-electron chi connectivity index (χ1n) is 5.30. The van der Waals surface area contributed by atoms with E-state index in [4.69, 9.17) is 5.11 Å². The van der Waals surface area contributed by atoms with Crippen LogP contribution in [0, 0.1) is 0 Å². The van der Waals surface area contributed by atoms with Crippen molar-refractivity contribution in [3.05, 3.63) is 28.5 Å². The van der Waals surface area contributed by atoms with Crippen LogP contribution in [0.5, 0.6) is 0 Å². The smallest absolute Gasteiger partial charge is 0.325 e. The first-order valence-corrected chi connectivity index (χ1v) is 6.25. The van der Waals surface area contributed by atoms with Gasteiger partial charge in [0.1, 0.15) is 6.54 Å². The van der Waals surface area contributed by atoms with Gasteiger partial charge in [0.2, 0.25) is 0 Å². The summed E-state index contributed by atoms with van der Waals surface area (Å²) in [5.41, 5.74) is 2.59. The minimum atomic E-state index is -1.04. The lowest BCUT2D eigenvalue weighted by Crippen LogP contribution is -2.26. The number of hydrogen-bond donors (Lipinski definition) is 1. The summed E-state index contributed by atoms with van der Waals surface area (Å²) in [5, 5.41) is 17.7. The van der Waals surface area contributed by atoms with Crippen LogP contribution in [-0.2, 0) is 17.9 Å². The Labute approximate surface area is 112 Å². The number of thiazole rings is 1. The van der Waals surface area contributed by atoms with E-state index in [1.54, 1.807) is 12.6 Å². The highest BCUT2D eigenvalue weighted by atomic mass is 32.1. The molecule has 0 saturated carbocycles. The molecule has 0 aromatic carbocycles. The summed E-state index contributed by atoms with van der Waals surface area (Å²) in [6.45, 7) is 0.0458. The number of hydrogen-bond acceptors (Lipinski definition) is 6. The normalized spacial score (nSPS) is 10.4. The van der Waals surface area contributed by atoms with E-state index in [9.17, 15) is 9.59 Å². The van der Waals surface area contributed by atoms with Crippen molar-refractivity contribution in [1.29, 1.82) is 0 Å². The topological polar surface area (TPSA) is 101 Å². The molecule has 2 aromatic heterocycles. The third kappa shape index (κ3) is 3.35. The van der Waals surface area contributed by atoms with Crippen molar-refractivity contribution in [2.75, 3.05) is 7.05 Å². The average Bonchev–Trinajstić information content (AvgIpc) is 2.98. The van der Waals surface area contributed by atoms with E-state index in [0.29, 0.717) is 6.54 Å². The van der Waals surface area contributed by atoms with Crippen molar-refractivity contribution < 1.29 is 14.7 Å². The van der Waals surface area contributed by atoms with Crippen molar-refractivity contribution in [2.24, 2.45) is 0 Å². The summed E-state index contributed by atoms with van der Waals surface area (Å²) < 4.78 is 1.10.